The van der Waals surface area contributed by atoms with Crippen LogP contribution in [-0.2, 0) is 48.3 Å². The van der Waals surface area contributed by atoms with Crippen LogP contribution in [0.5, 0.6) is 0 Å². The van der Waals surface area contributed by atoms with Gasteiger partial charge in [0.05, 0.1) is 21.2 Å². The minimum absolute atomic E-state index is 0. The number of amides is 2. The van der Waals surface area contributed by atoms with Gasteiger partial charge in [-0.2, -0.15) is 0 Å². The van der Waals surface area contributed by atoms with E-state index < -0.39 is 41.8 Å². The standard InChI is InChI=1S/2C12H10N2O4S.Cu.2H2O/c2*15-12(10-6-3-4-8-13-10)14-9-5-1-2-7-11(9)19(16,17)18;;;/h2*1-8H,(H,14,15)(H,16,17,18);;2*1H2/q;;+2;;. The Kier molecular flexibility index (Phi) is 14.7. The smallest absolute Gasteiger partial charge is 0.744 e. The van der Waals surface area contributed by atoms with Crippen molar-refractivity contribution in [3.63, 3.8) is 0 Å². The molecule has 4 rings (SSSR count). The first-order valence-electron chi connectivity index (χ1n) is 10.5. The van der Waals surface area contributed by atoms with Gasteiger partial charge in [-0.05, 0) is 48.5 Å². The molecule has 0 spiro atoms. The van der Waals surface area contributed by atoms with Crippen molar-refractivity contribution in [2.24, 2.45) is 0 Å². The maximum atomic E-state index is 11.8. The van der Waals surface area contributed by atoms with Crippen molar-refractivity contribution in [3.05, 3.63) is 109 Å². The van der Waals surface area contributed by atoms with Gasteiger partial charge in [-0.1, -0.05) is 36.4 Å². The summed E-state index contributed by atoms with van der Waals surface area (Å²) in [4.78, 5) is 30.4. The van der Waals surface area contributed by atoms with E-state index in [9.17, 15) is 35.5 Å². The van der Waals surface area contributed by atoms with E-state index in [2.05, 4.69) is 20.6 Å². The van der Waals surface area contributed by atoms with Gasteiger partial charge in [0.15, 0.2) is 0 Å². The predicted molar refractivity (Wildman–Crippen MR) is 143 cm³/mol. The average molecular weight is 656 g/mol. The molecule has 8 N–H and O–H groups in total. The fraction of sp³-hybridized carbons (Fsp3) is 0. The summed E-state index contributed by atoms with van der Waals surface area (Å²) in [7, 11) is -9.29. The molecular formula is C24H24CuN4O10S2+2. The van der Waals surface area contributed by atoms with E-state index in [1.54, 1.807) is 24.3 Å². The third-order valence-electron chi connectivity index (χ3n) is 4.60. The molecule has 0 bridgehead atoms. The maximum Gasteiger partial charge on any atom is 2.00 e. The minimum Gasteiger partial charge on any atom is -0.744 e. The fourth-order valence-corrected chi connectivity index (χ4v) is 4.21. The van der Waals surface area contributed by atoms with Crippen molar-refractivity contribution in [1.82, 2.24) is 9.97 Å². The summed E-state index contributed by atoms with van der Waals surface area (Å²) in [6.07, 6.45) is 2.87. The molecule has 4 aromatic rings. The Balaban J connectivity index is 0.000000727. The van der Waals surface area contributed by atoms with Crippen LogP contribution in [0.2, 0.25) is 0 Å². The molecule has 2 heterocycles. The SMILES string of the molecule is O=C(Nc1ccccc1S(=O)(=O)[O-])c1ccccn1.O=C(Nc1ccccc1S(=O)(=O)[O-])c1ccccn1.[Cu+2].[OH3+].[OH3+]. The molecule has 0 saturated heterocycles. The fourth-order valence-electron chi connectivity index (χ4n) is 2.94. The number of benzene rings is 2. The van der Waals surface area contributed by atoms with Gasteiger partial charge in [-0.25, -0.2) is 16.8 Å². The van der Waals surface area contributed by atoms with Crippen LogP contribution in [0.1, 0.15) is 21.0 Å². The largest absolute Gasteiger partial charge is 2.00 e. The van der Waals surface area contributed by atoms with Gasteiger partial charge in [0.25, 0.3) is 11.8 Å². The van der Waals surface area contributed by atoms with Gasteiger partial charge in [0, 0.05) is 12.4 Å². The normalized spacial score (nSPS) is 10.2. The molecule has 0 saturated carbocycles. The molecule has 0 atom stereocenters. The number of aromatic nitrogens is 2. The van der Waals surface area contributed by atoms with Crippen LogP contribution in [0, 0.1) is 0 Å². The number of carbonyl (C=O) groups is 2. The van der Waals surface area contributed by atoms with E-state index in [0.717, 1.165) is 12.1 Å². The molecule has 2 aromatic heterocycles. The molecule has 1 radical (unpaired) electrons. The molecule has 221 valence electrons. The van der Waals surface area contributed by atoms with E-state index in [-0.39, 0.29) is 50.8 Å². The minimum atomic E-state index is -4.65. The third-order valence-corrected chi connectivity index (χ3v) is 6.39. The van der Waals surface area contributed by atoms with Crippen molar-refractivity contribution in [2.45, 2.75) is 9.79 Å². The summed E-state index contributed by atoms with van der Waals surface area (Å²) in [6, 6.07) is 20.3. The van der Waals surface area contributed by atoms with Crippen molar-refractivity contribution < 1.29 is 63.6 Å². The quantitative estimate of drug-likeness (QED) is 0.166. The molecule has 0 aliphatic rings. The summed E-state index contributed by atoms with van der Waals surface area (Å²) < 4.78 is 66.3. The topological polar surface area (TPSA) is 264 Å². The molecule has 0 aliphatic carbocycles. The first kappa shape index (κ1) is 36.9. The summed E-state index contributed by atoms with van der Waals surface area (Å²) >= 11 is 0. The van der Waals surface area contributed by atoms with Crippen LogP contribution in [0.3, 0.4) is 0 Å². The number of para-hydroxylation sites is 2. The van der Waals surface area contributed by atoms with Crippen LogP contribution in [0.15, 0.2) is 107 Å². The summed E-state index contributed by atoms with van der Waals surface area (Å²) in [5.74, 6) is -1.17. The number of hydrogen-bond donors (Lipinski definition) is 2. The van der Waals surface area contributed by atoms with E-state index in [0.29, 0.717) is 0 Å². The summed E-state index contributed by atoms with van der Waals surface area (Å²) in [5, 5.41) is 4.71. The van der Waals surface area contributed by atoms with Crippen LogP contribution in [-0.4, -0.2) is 47.7 Å². The van der Waals surface area contributed by atoms with Crippen LogP contribution in [0.4, 0.5) is 11.4 Å². The van der Waals surface area contributed by atoms with Crippen LogP contribution >= 0.6 is 0 Å². The van der Waals surface area contributed by atoms with E-state index in [1.807, 2.05) is 0 Å². The Morgan fingerprint density at radius 1 is 0.561 bits per heavy atom. The Labute approximate surface area is 245 Å². The Hall–Kier alpha value is -4.06. The monoisotopic (exact) mass is 655 g/mol. The Morgan fingerprint density at radius 2 is 0.878 bits per heavy atom. The second-order valence-electron chi connectivity index (χ2n) is 7.24. The number of anilines is 2. The maximum absolute atomic E-state index is 11.8. The summed E-state index contributed by atoms with van der Waals surface area (Å²) in [5.41, 5.74) is 0.127. The average Bonchev–Trinajstić information content (AvgIpc) is 2.89. The number of rotatable bonds is 6. The molecular weight excluding hydrogens is 632 g/mol. The van der Waals surface area contributed by atoms with Gasteiger partial charge < -0.3 is 30.7 Å². The summed E-state index contributed by atoms with van der Waals surface area (Å²) in [6.45, 7) is 0. The van der Waals surface area contributed by atoms with Gasteiger partial charge in [0.1, 0.15) is 31.6 Å². The third kappa shape index (κ3) is 10.8. The Morgan fingerprint density at radius 3 is 1.17 bits per heavy atom. The Bertz CT molecular complexity index is 1530. The number of hydrogen-bond acceptors (Lipinski definition) is 10. The number of carbonyl (C=O) groups excluding carboxylic acids is 2. The molecule has 41 heavy (non-hydrogen) atoms. The zero-order valence-corrected chi connectivity index (χ0v) is 23.2. The first-order valence-corrected chi connectivity index (χ1v) is 13.3. The molecule has 17 heteroatoms. The van der Waals surface area contributed by atoms with E-state index in [4.69, 9.17) is 0 Å². The van der Waals surface area contributed by atoms with E-state index >= 15 is 0 Å². The molecule has 2 amide bonds. The zero-order chi connectivity index (χ0) is 27.8. The van der Waals surface area contributed by atoms with Crippen molar-refractivity contribution >= 4 is 43.4 Å². The second-order valence-corrected chi connectivity index (χ2v) is 9.93. The number of nitrogens with zero attached hydrogens (tertiary/aromatic N) is 2. The van der Waals surface area contributed by atoms with Gasteiger partial charge in [0.2, 0.25) is 0 Å². The first-order chi connectivity index (χ1) is 18.0. The zero-order valence-electron chi connectivity index (χ0n) is 20.7. The van der Waals surface area contributed by atoms with Crippen molar-refractivity contribution in [2.75, 3.05) is 10.6 Å². The molecule has 2 aromatic carbocycles. The molecule has 0 unspecified atom stereocenters. The van der Waals surface area contributed by atoms with Crippen LogP contribution in [0.25, 0.3) is 0 Å². The molecule has 14 nitrogen and oxygen atoms in total. The number of pyridine rings is 2. The predicted octanol–water partition coefficient (Wildman–Crippen LogP) is 0.630. The molecule has 0 fully saturated rings. The van der Waals surface area contributed by atoms with E-state index in [1.165, 1.54) is 60.9 Å². The van der Waals surface area contributed by atoms with Gasteiger partial charge >= 0.3 is 17.1 Å². The second kappa shape index (κ2) is 16.3. The number of nitrogens with one attached hydrogen (secondary N) is 2. The van der Waals surface area contributed by atoms with Gasteiger partial charge in [-0.15, -0.1) is 0 Å². The van der Waals surface area contributed by atoms with Crippen molar-refractivity contribution in [3.8, 4) is 0 Å². The van der Waals surface area contributed by atoms with Crippen LogP contribution < -0.4 is 10.6 Å². The van der Waals surface area contributed by atoms with Gasteiger partial charge in [-0.3, -0.25) is 19.6 Å². The van der Waals surface area contributed by atoms with Crippen molar-refractivity contribution in [1.29, 1.82) is 0 Å². The molecule has 0 aliphatic heterocycles.